The minimum atomic E-state index is -0.568. The van der Waals surface area contributed by atoms with Gasteiger partial charge in [0.05, 0.1) is 11.7 Å². The molecule has 0 amide bonds. The summed E-state index contributed by atoms with van der Waals surface area (Å²) < 4.78 is 0. The van der Waals surface area contributed by atoms with E-state index in [1.165, 1.54) is 5.57 Å². The highest BCUT2D eigenvalue weighted by molar-refractivity contribution is 5.26. The lowest BCUT2D eigenvalue weighted by molar-refractivity contribution is 0.0134. The van der Waals surface area contributed by atoms with Crippen LogP contribution in [-0.4, -0.2) is 33.6 Å². The molecule has 0 radical (unpaired) electrons. The summed E-state index contributed by atoms with van der Waals surface area (Å²) in [5.74, 6) is 7.68. The lowest BCUT2D eigenvalue weighted by atomic mass is 9.57. The van der Waals surface area contributed by atoms with Crippen LogP contribution in [0.25, 0.3) is 0 Å². The Kier molecular flexibility index (Phi) is 5.46. The highest BCUT2D eigenvalue weighted by Crippen LogP contribution is 2.51. The van der Waals surface area contributed by atoms with Crippen molar-refractivity contribution < 1.29 is 15.3 Å². The smallest absolute Gasteiger partial charge is 0.0756 e. The number of unbranched alkanes of at least 4 members (excludes halogenated alkanes) is 1. The standard InChI is InChI=1S/C20H30O3/c21-13-4-1-6-15-14-18-16(15)8-9-19(22)17(18)7-5-12-20(23)10-2-3-11-20/h6,16-19,21-23H,1-4,8-14H2/b15-6-. The molecule has 4 atom stereocenters. The SMILES string of the molecule is OCCC/C=C1/CC2C1CCC(O)C2C#CCC1(O)CCCC1. The van der Waals surface area contributed by atoms with Gasteiger partial charge >= 0.3 is 0 Å². The second-order valence-electron chi connectivity index (χ2n) is 7.72. The molecule has 23 heavy (non-hydrogen) atoms. The topological polar surface area (TPSA) is 60.7 Å². The molecule has 0 heterocycles. The summed E-state index contributed by atoms with van der Waals surface area (Å²) in [6, 6.07) is 0. The van der Waals surface area contributed by atoms with E-state index in [9.17, 15) is 10.2 Å². The van der Waals surface area contributed by atoms with Gasteiger partial charge in [0.1, 0.15) is 0 Å². The fourth-order valence-corrected chi connectivity index (χ4v) is 4.63. The van der Waals surface area contributed by atoms with Crippen LogP contribution in [0, 0.1) is 29.6 Å². The molecule has 0 saturated heterocycles. The lowest BCUT2D eigenvalue weighted by Crippen LogP contribution is -2.44. The van der Waals surface area contributed by atoms with E-state index in [-0.39, 0.29) is 18.6 Å². The van der Waals surface area contributed by atoms with Gasteiger partial charge in [-0.05, 0) is 56.8 Å². The van der Waals surface area contributed by atoms with Gasteiger partial charge in [-0.15, -0.1) is 0 Å². The maximum atomic E-state index is 10.4. The normalized spacial score (nSPS) is 36.9. The van der Waals surface area contributed by atoms with E-state index < -0.39 is 5.60 Å². The molecule has 3 heteroatoms. The zero-order valence-electron chi connectivity index (χ0n) is 14.0. The molecule has 0 aromatic heterocycles. The molecule has 0 spiro atoms. The van der Waals surface area contributed by atoms with Crippen molar-refractivity contribution in [3.05, 3.63) is 11.6 Å². The van der Waals surface area contributed by atoms with Gasteiger partial charge in [-0.3, -0.25) is 0 Å². The summed E-state index contributed by atoms with van der Waals surface area (Å²) in [7, 11) is 0. The van der Waals surface area contributed by atoms with E-state index >= 15 is 0 Å². The van der Waals surface area contributed by atoms with Crippen molar-refractivity contribution in [1.29, 1.82) is 0 Å². The molecule has 128 valence electrons. The monoisotopic (exact) mass is 318 g/mol. The van der Waals surface area contributed by atoms with Crippen LogP contribution in [0.4, 0.5) is 0 Å². The minimum Gasteiger partial charge on any atom is -0.396 e. The number of aliphatic hydroxyl groups excluding tert-OH is 2. The van der Waals surface area contributed by atoms with Crippen molar-refractivity contribution in [2.75, 3.05) is 6.61 Å². The van der Waals surface area contributed by atoms with Crippen molar-refractivity contribution in [2.24, 2.45) is 17.8 Å². The van der Waals surface area contributed by atoms with Crippen molar-refractivity contribution in [3.63, 3.8) is 0 Å². The molecule has 0 aromatic carbocycles. The Balaban J connectivity index is 1.58. The summed E-state index contributed by atoms with van der Waals surface area (Å²) >= 11 is 0. The summed E-state index contributed by atoms with van der Waals surface area (Å²) in [4.78, 5) is 0. The maximum absolute atomic E-state index is 10.4. The van der Waals surface area contributed by atoms with Gasteiger partial charge in [0.15, 0.2) is 0 Å². The van der Waals surface area contributed by atoms with Gasteiger partial charge in [-0.2, -0.15) is 0 Å². The average Bonchev–Trinajstić information content (AvgIpc) is 2.94. The Hall–Kier alpha value is -0.820. The third kappa shape index (κ3) is 3.82. The van der Waals surface area contributed by atoms with E-state index in [4.69, 9.17) is 5.11 Å². The zero-order valence-corrected chi connectivity index (χ0v) is 14.0. The molecule has 3 aliphatic carbocycles. The Morgan fingerprint density at radius 1 is 1.22 bits per heavy atom. The zero-order chi connectivity index (χ0) is 16.3. The third-order valence-corrected chi connectivity index (χ3v) is 6.10. The molecular formula is C20H30O3. The Labute approximate surface area is 139 Å². The van der Waals surface area contributed by atoms with Crippen LogP contribution >= 0.6 is 0 Å². The van der Waals surface area contributed by atoms with Crippen molar-refractivity contribution in [2.45, 2.75) is 75.9 Å². The largest absolute Gasteiger partial charge is 0.396 e. The first-order valence-electron chi connectivity index (χ1n) is 9.31. The molecule has 3 fully saturated rings. The lowest BCUT2D eigenvalue weighted by Gasteiger charge is -2.48. The predicted octanol–water partition coefficient (Wildman–Crippen LogP) is 2.79. The van der Waals surface area contributed by atoms with E-state index in [2.05, 4.69) is 17.9 Å². The highest BCUT2D eigenvalue weighted by atomic mass is 16.3. The van der Waals surface area contributed by atoms with Gasteiger partial charge in [0.2, 0.25) is 0 Å². The minimum absolute atomic E-state index is 0.0775. The first-order valence-corrected chi connectivity index (χ1v) is 9.31. The highest BCUT2D eigenvalue weighted by Gasteiger charge is 2.46. The van der Waals surface area contributed by atoms with Crippen LogP contribution in [0.2, 0.25) is 0 Å². The summed E-state index contributed by atoms with van der Waals surface area (Å²) in [5, 5.41) is 29.6. The first kappa shape index (κ1) is 17.0. The number of rotatable bonds is 4. The molecular weight excluding hydrogens is 288 g/mol. The van der Waals surface area contributed by atoms with Crippen LogP contribution in [-0.2, 0) is 0 Å². The number of fused-ring (bicyclic) bond motifs is 1. The van der Waals surface area contributed by atoms with Crippen LogP contribution in [0.15, 0.2) is 11.6 Å². The second-order valence-corrected chi connectivity index (χ2v) is 7.72. The van der Waals surface area contributed by atoms with Crippen LogP contribution < -0.4 is 0 Å². The number of hydrogen-bond donors (Lipinski definition) is 3. The van der Waals surface area contributed by atoms with E-state index in [1.807, 2.05) is 0 Å². The molecule has 3 N–H and O–H groups in total. The number of allylic oxidation sites excluding steroid dienone is 2. The second kappa shape index (κ2) is 7.38. The van der Waals surface area contributed by atoms with Crippen LogP contribution in [0.5, 0.6) is 0 Å². The van der Waals surface area contributed by atoms with Gasteiger partial charge in [0.25, 0.3) is 0 Å². The molecule has 3 saturated carbocycles. The average molecular weight is 318 g/mol. The van der Waals surface area contributed by atoms with Gasteiger partial charge in [0, 0.05) is 18.9 Å². The van der Waals surface area contributed by atoms with Crippen LogP contribution in [0.3, 0.4) is 0 Å². The fourth-order valence-electron chi connectivity index (χ4n) is 4.63. The van der Waals surface area contributed by atoms with Crippen molar-refractivity contribution in [1.82, 2.24) is 0 Å². The molecule has 0 aliphatic heterocycles. The van der Waals surface area contributed by atoms with E-state index in [0.29, 0.717) is 18.3 Å². The molecule has 3 nitrogen and oxygen atoms in total. The van der Waals surface area contributed by atoms with Gasteiger partial charge < -0.3 is 15.3 Å². The Morgan fingerprint density at radius 3 is 2.74 bits per heavy atom. The molecule has 0 bridgehead atoms. The summed E-state index contributed by atoms with van der Waals surface area (Å²) in [5.41, 5.74) is 0.942. The van der Waals surface area contributed by atoms with Crippen molar-refractivity contribution >= 4 is 0 Å². The van der Waals surface area contributed by atoms with Crippen LogP contribution in [0.1, 0.15) is 64.2 Å². The van der Waals surface area contributed by atoms with E-state index in [0.717, 1.165) is 57.8 Å². The number of hydrogen-bond acceptors (Lipinski definition) is 3. The summed E-state index contributed by atoms with van der Waals surface area (Å²) in [6.07, 6.45) is 11.3. The summed E-state index contributed by atoms with van der Waals surface area (Å²) in [6.45, 7) is 0.258. The van der Waals surface area contributed by atoms with Crippen molar-refractivity contribution in [3.8, 4) is 11.8 Å². The quantitative estimate of drug-likeness (QED) is 0.424. The predicted molar refractivity (Wildman–Crippen MR) is 90.5 cm³/mol. The Morgan fingerprint density at radius 2 is 2.00 bits per heavy atom. The molecule has 0 aromatic rings. The maximum Gasteiger partial charge on any atom is 0.0756 e. The third-order valence-electron chi connectivity index (χ3n) is 6.10. The molecule has 3 aliphatic rings. The fraction of sp³-hybridized carbons (Fsp3) is 0.800. The Bertz CT molecular complexity index is 493. The van der Waals surface area contributed by atoms with E-state index in [1.54, 1.807) is 0 Å². The molecule has 3 rings (SSSR count). The first-order chi connectivity index (χ1) is 11.1. The number of aliphatic hydroxyl groups is 3. The van der Waals surface area contributed by atoms with Gasteiger partial charge in [-0.25, -0.2) is 0 Å². The van der Waals surface area contributed by atoms with Gasteiger partial charge in [-0.1, -0.05) is 36.3 Å². The molecule has 4 unspecified atom stereocenters.